The molecule has 1 atom stereocenters. The molecule has 2 nitrogen and oxygen atoms in total. The second-order valence-corrected chi connectivity index (χ2v) is 5.20. The van der Waals surface area contributed by atoms with Crippen LogP contribution in [0.3, 0.4) is 0 Å². The number of piperidine rings is 1. The molecule has 0 saturated carbocycles. The fourth-order valence-electron chi connectivity index (χ4n) is 2.40. The van der Waals surface area contributed by atoms with Crippen LogP contribution in [-0.4, -0.2) is 55.5 Å². The molecule has 0 aromatic heterocycles. The van der Waals surface area contributed by atoms with E-state index in [-0.39, 0.29) is 0 Å². The van der Waals surface area contributed by atoms with E-state index in [4.69, 9.17) is 11.6 Å². The second kappa shape index (κ2) is 7.48. The number of halogens is 1. The lowest BCUT2D eigenvalue weighted by Gasteiger charge is -2.35. The van der Waals surface area contributed by atoms with Gasteiger partial charge in [-0.2, -0.15) is 0 Å². The Morgan fingerprint density at radius 2 is 2.13 bits per heavy atom. The van der Waals surface area contributed by atoms with E-state index in [0.717, 1.165) is 11.9 Å². The average Bonchev–Trinajstić information content (AvgIpc) is 2.20. The van der Waals surface area contributed by atoms with Crippen LogP contribution in [-0.2, 0) is 0 Å². The molecule has 1 aliphatic heterocycles. The molecule has 1 unspecified atom stereocenters. The minimum Gasteiger partial charge on any atom is -0.309 e. The first kappa shape index (κ1) is 13.3. The van der Waals surface area contributed by atoms with Gasteiger partial charge in [0.05, 0.1) is 0 Å². The summed E-state index contributed by atoms with van der Waals surface area (Å²) in [6.07, 6.45) is 6.58. The molecule has 1 heterocycles. The van der Waals surface area contributed by atoms with Gasteiger partial charge in [0, 0.05) is 11.9 Å². The summed E-state index contributed by atoms with van der Waals surface area (Å²) in [7, 11) is 4.29. The molecule has 0 spiro atoms. The molecular weight excluding hydrogens is 208 g/mol. The summed E-state index contributed by atoms with van der Waals surface area (Å²) in [6.45, 7) is 3.73. The standard InChI is InChI=1S/C12H25ClN2/c1-14(2)9-5-11-15-10-4-3-6-12(15)7-8-13/h12H,3-11H2,1-2H3. The molecule has 3 heteroatoms. The maximum absolute atomic E-state index is 5.85. The Bertz CT molecular complexity index is 160. The molecule has 1 fully saturated rings. The first-order chi connectivity index (χ1) is 7.24. The van der Waals surface area contributed by atoms with E-state index in [9.17, 15) is 0 Å². The predicted octanol–water partition coefficient (Wildman–Crippen LogP) is 2.42. The third-order valence-electron chi connectivity index (χ3n) is 3.24. The topological polar surface area (TPSA) is 6.48 Å². The van der Waals surface area contributed by atoms with Gasteiger partial charge in [-0.15, -0.1) is 11.6 Å². The normalized spacial score (nSPS) is 23.6. The van der Waals surface area contributed by atoms with Crippen molar-refractivity contribution in [1.82, 2.24) is 9.80 Å². The Balaban J connectivity index is 2.23. The fourth-order valence-corrected chi connectivity index (χ4v) is 2.65. The van der Waals surface area contributed by atoms with Crippen molar-refractivity contribution >= 4 is 11.6 Å². The van der Waals surface area contributed by atoms with E-state index < -0.39 is 0 Å². The number of alkyl halides is 1. The summed E-state index contributed by atoms with van der Waals surface area (Å²) in [6, 6.07) is 0.762. The summed E-state index contributed by atoms with van der Waals surface area (Å²) in [4.78, 5) is 4.91. The van der Waals surface area contributed by atoms with Crippen LogP contribution < -0.4 is 0 Å². The maximum atomic E-state index is 5.85. The molecule has 15 heavy (non-hydrogen) atoms. The number of likely N-dealkylation sites (tertiary alicyclic amines) is 1. The lowest BCUT2D eigenvalue weighted by atomic mass is 10.00. The molecule has 1 saturated heterocycles. The summed E-state index contributed by atoms with van der Waals surface area (Å²) in [5.41, 5.74) is 0. The lowest BCUT2D eigenvalue weighted by molar-refractivity contribution is 0.139. The smallest absolute Gasteiger partial charge is 0.0238 e. The third-order valence-corrected chi connectivity index (χ3v) is 3.46. The van der Waals surface area contributed by atoms with Crippen molar-refractivity contribution in [2.45, 2.75) is 38.1 Å². The fraction of sp³-hybridized carbons (Fsp3) is 1.00. The van der Waals surface area contributed by atoms with Gasteiger partial charge < -0.3 is 9.80 Å². The van der Waals surface area contributed by atoms with Crippen molar-refractivity contribution in [2.75, 3.05) is 39.6 Å². The Labute approximate surface area is 99.6 Å². The van der Waals surface area contributed by atoms with E-state index in [0.29, 0.717) is 0 Å². The molecule has 90 valence electrons. The molecule has 1 rings (SSSR count). The van der Waals surface area contributed by atoms with Crippen molar-refractivity contribution in [1.29, 1.82) is 0 Å². The number of hydrogen-bond donors (Lipinski definition) is 0. The molecule has 0 radical (unpaired) electrons. The summed E-state index contributed by atoms with van der Waals surface area (Å²) < 4.78 is 0. The van der Waals surface area contributed by atoms with Gasteiger partial charge in [-0.1, -0.05) is 6.42 Å². The summed E-state index contributed by atoms with van der Waals surface area (Å²) in [5.74, 6) is 0.814. The van der Waals surface area contributed by atoms with Crippen molar-refractivity contribution in [3.05, 3.63) is 0 Å². The Kier molecular flexibility index (Phi) is 6.62. The van der Waals surface area contributed by atoms with E-state index in [1.54, 1.807) is 0 Å². The van der Waals surface area contributed by atoms with Gasteiger partial charge in [0.1, 0.15) is 0 Å². The molecule has 0 aromatic carbocycles. The van der Waals surface area contributed by atoms with Crippen LogP contribution in [0.4, 0.5) is 0 Å². The zero-order chi connectivity index (χ0) is 11.1. The second-order valence-electron chi connectivity index (χ2n) is 4.82. The van der Waals surface area contributed by atoms with Crippen molar-refractivity contribution in [2.24, 2.45) is 0 Å². The van der Waals surface area contributed by atoms with Crippen LogP contribution in [0.5, 0.6) is 0 Å². The zero-order valence-corrected chi connectivity index (χ0v) is 11.0. The summed E-state index contributed by atoms with van der Waals surface area (Å²) >= 11 is 5.85. The molecule has 0 amide bonds. The first-order valence-electron chi connectivity index (χ1n) is 6.19. The van der Waals surface area contributed by atoms with Crippen LogP contribution in [0.25, 0.3) is 0 Å². The van der Waals surface area contributed by atoms with Crippen LogP contribution >= 0.6 is 11.6 Å². The van der Waals surface area contributed by atoms with Gasteiger partial charge in [-0.25, -0.2) is 0 Å². The van der Waals surface area contributed by atoms with E-state index >= 15 is 0 Å². The van der Waals surface area contributed by atoms with Crippen molar-refractivity contribution in [3.63, 3.8) is 0 Å². The predicted molar refractivity (Wildman–Crippen MR) is 67.7 cm³/mol. The highest BCUT2D eigenvalue weighted by Gasteiger charge is 2.20. The van der Waals surface area contributed by atoms with E-state index in [2.05, 4.69) is 23.9 Å². The first-order valence-corrected chi connectivity index (χ1v) is 6.72. The van der Waals surface area contributed by atoms with Crippen LogP contribution in [0.1, 0.15) is 32.1 Å². The van der Waals surface area contributed by atoms with Crippen molar-refractivity contribution < 1.29 is 0 Å². The van der Waals surface area contributed by atoms with Crippen molar-refractivity contribution in [3.8, 4) is 0 Å². The van der Waals surface area contributed by atoms with Gasteiger partial charge in [-0.05, 0) is 59.4 Å². The molecule has 0 aliphatic carbocycles. The maximum Gasteiger partial charge on any atom is 0.0238 e. The van der Waals surface area contributed by atoms with Gasteiger partial charge in [-0.3, -0.25) is 0 Å². The van der Waals surface area contributed by atoms with Gasteiger partial charge in [0.2, 0.25) is 0 Å². The largest absolute Gasteiger partial charge is 0.309 e. The van der Waals surface area contributed by atoms with Crippen LogP contribution in [0.15, 0.2) is 0 Å². The van der Waals surface area contributed by atoms with Gasteiger partial charge in [0.25, 0.3) is 0 Å². The SMILES string of the molecule is CN(C)CCCN1CCCCC1CCCl. The monoisotopic (exact) mass is 232 g/mol. The minimum atomic E-state index is 0.762. The highest BCUT2D eigenvalue weighted by molar-refractivity contribution is 6.17. The highest BCUT2D eigenvalue weighted by atomic mass is 35.5. The Hall–Kier alpha value is 0.210. The number of rotatable bonds is 6. The van der Waals surface area contributed by atoms with Gasteiger partial charge in [0.15, 0.2) is 0 Å². The molecule has 1 aliphatic rings. The van der Waals surface area contributed by atoms with E-state index in [1.807, 2.05) is 0 Å². The molecular formula is C12H25ClN2. The Morgan fingerprint density at radius 1 is 1.33 bits per heavy atom. The molecule has 0 bridgehead atoms. The highest BCUT2D eigenvalue weighted by Crippen LogP contribution is 2.20. The van der Waals surface area contributed by atoms with E-state index in [1.165, 1.54) is 51.7 Å². The lowest BCUT2D eigenvalue weighted by Crippen LogP contribution is -2.41. The van der Waals surface area contributed by atoms with Gasteiger partial charge >= 0.3 is 0 Å². The Morgan fingerprint density at radius 3 is 2.80 bits per heavy atom. The number of hydrogen-bond acceptors (Lipinski definition) is 2. The molecule has 0 aromatic rings. The third kappa shape index (κ3) is 5.19. The van der Waals surface area contributed by atoms with Crippen LogP contribution in [0, 0.1) is 0 Å². The molecule has 0 N–H and O–H groups in total. The zero-order valence-electron chi connectivity index (χ0n) is 10.2. The average molecular weight is 233 g/mol. The minimum absolute atomic E-state index is 0.762. The quantitative estimate of drug-likeness (QED) is 0.649. The summed E-state index contributed by atoms with van der Waals surface area (Å²) in [5, 5.41) is 0. The van der Waals surface area contributed by atoms with Crippen LogP contribution in [0.2, 0.25) is 0 Å². The number of nitrogens with zero attached hydrogens (tertiary/aromatic N) is 2.